The Morgan fingerprint density at radius 3 is 2.27 bits per heavy atom. The minimum absolute atomic E-state index is 0.138. The van der Waals surface area contributed by atoms with E-state index < -0.39 is 0 Å². The van der Waals surface area contributed by atoms with Gasteiger partial charge >= 0.3 is 0 Å². The highest BCUT2D eigenvalue weighted by molar-refractivity contribution is 5.91. The SMILES string of the molecule is OCCn1c(-c2ccc3ccccc3c2)cc2ccccc21. The van der Waals surface area contributed by atoms with Crippen LogP contribution in [0.3, 0.4) is 0 Å². The molecule has 2 heteroatoms. The number of aliphatic hydroxyl groups is 1. The molecule has 0 aliphatic rings. The standard InChI is InChI=1S/C20H17NO/c22-12-11-21-19-8-4-3-7-17(19)14-20(21)18-10-9-15-5-1-2-6-16(15)13-18/h1-10,13-14,22H,11-12H2. The molecule has 0 amide bonds. The molecule has 0 unspecified atom stereocenters. The van der Waals surface area contributed by atoms with Crippen LogP contribution in [0.25, 0.3) is 32.9 Å². The Kier molecular flexibility index (Phi) is 3.17. The van der Waals surface area contributed by atoms with Gasteiger partial charge in [0, 0.05) is 23.1 Å². The van der Waals surface area contributed by atoms with Crippen LogP contribution in [-0.4, -0.2) is 16.3 Å². The second-order valence-corrected chi connectivity index (χ2v) is 5.53. The summed E-state index contributed by atoms with van der Waals surface area (Å²) in [4.78, 5) is 0. The van der Waals surface area contributed by atoms with Gasteiger partial charge in [-0.3, -0.25) is 0 Å². The van der Waals surface area contributed by atoms with Crippen molar-refractivity contribution in [2.45, 2.75) is 6.54 Å². The lowest BCUT2D eigenvalue weighted by Gasteiger charge is -2.10. The molecule has 108 valence electrons. The third-order valence-corrected chi connectivity index (χ3v) is 4.18. The lowest BCUT2D eigenvalue weighted by Crippen LogP contribution is -2.03. The summed E-state index contributed by atoms with van der Waals surface area (Å²) in [6, 6.07) is 25.4. The van der Waals surface area contributed by atoms with Crippen molar-refractivity contribution in [3.05, 3.63) is 72.8 Å². The predicted molar refractivity (Wildman–Crippen MR) is 92.0 cm³/mol. The first-order valence-electron chi connectivity index (χ1n) is 7.55. The lowest BCUT2D eigenvalue weighted by molar-refractivity contribution is 0.279. The van der Waals surface area contributed by atoms with E-state index in [0.717, 1.165) is 5.69 Å². The number of hydrogen-bond acceptors (Lipinski definition) is 1. The molecule has 0 bridgehead atoms. The molecule has 4 aromatic rings. The summed E-state index contributed by atoms with van der Waals surface area (Å²) in [5.41, 5.74) is 3.50. The van der Waals surface area contributed by atoms with Crippen LogP contribution in [0.2, 0.25) is 0 Å². The van der Waals surface area contributed by atoms with Crippen molar-refractivity contribution in [2.75, 3.05) is 6.61 Å². The number of aliphatic hydroxyl groups excluding tert-OH is 1. The highest BCUT2D eigenvalue weighted by atomic mass is 16.3. The van der Waals surface area contributed by atoms with Crippen LogP contribution in [0.1, 0.15) is 0 Å². The average Bonchev–Trinajstić information content (AvgIpc) is 2.94. The van der Waals surface area contributed by atoms with Crippen molar-refractivity contribution >= 4 is 21.7 Å². The lowest BCUT2D eigenvalue weighted by atomic mass is 10.0. The Labute approximate surface area is 129 Å². The van der Waals surface area contributed by atoms with E-state index in [1.54, 1.807) is 0 Å². The Morgan fingerprint density at radius 1 is 0.727 bits per heavy atom. The zero-order chi connectivity index (χ0) is 14.9. The normalized spacial score (nSPS) is 11.3. The number of nitrogens with zero attached hydrogens (tertiary/aromatic N) is 1. The van der Waals surface area contributed by atoms with Crippen molar-refractivity contribution in [1.82, 2.24) is 4.57 Å². The highest BCUT2D eigenvalue weighted by Gasteiger charge is 2.10. The van der Waals surface area contributed by atoms with Gasteiger partial charge < -0.3 is 9.67 Å². The van der Waals surface area contributed by atoms with Gasteiger partial charge in [-0.25, -0.2) is 0 Å². The Balaban J connectivity index is 1.96. The maximum Gasteiger partial charge on any atom is 0.0610 e. The molecule has 1 heterocycles. The van der Waals surface area contributed by atoms with Crippen LogP contribution < -0.4 is 0 Å². The first kappa shape index (κ1) is 13.1. The summed E-state index contributed by atoms with van der Waals surface area (Å²) in [5, 5.41) is 13.1. The number of benzene rings is 3. The number of rotatable bonds is 3. The molecule has 0 spiro atoms. The molecule has 0 aliphatic heterocycles. The maximum absolute atomic E-state index is 9.42. The van der Waals surface area contributed by atoms with E-state index in [9.17, 15) is 5.11 Å². The zero-order valence-corrected chi connectivity index (χ0v) is 12.2. The summed E-state index contributed by atoms with van der Waals surface area (Å²) in [7, 11) is 0. The zero-order valence-electron chi connectivity index (χ0n) is 12.2. The van der Waals surface area contributed by atoms with Crippen LogP contribution in [-0.2, 0) is 6.54 Å². The summed E-state index contributed by atoms with van der Waals surface area (Å²) in [6.07, 6.45) is 0. The molecule has 22 heavy (non-hydrogen) atoms. The van der Waals surface area contributed by atoms with Crippen molar-refractivity contribution in [2.24, 2.45) is 0 Å². The van der Waals surface area contributed by atoms with E-state index in [-0.39, 0.29) is 6.61 Å². The number of aromatic nitrogens is 1. The van der Waals surface area contributed by atoms with Gasteiger partial charge in [0.2, 0.25) is 0 Å². The second kappa shape index (κ2) is 5.32. The van der Waals surface area contributed by atoms with Gasteiger partial charge in [-0.05, 0) is 34.5 Å². The van der Waals surface area contributed by atoms with Crippen molar-refractivity contribution in [3.8, 4) is 11.3 Å². The second-order valence-electron chi connectivity index (χ2n) is 5.53. The van der Waals surface area contributed by atoms with Crippen LogP contribution >= 0.6 is 0 Å². The fourth-order valence-corrected chi connectivity index (χ4v) is 3.14. The van der Waals surface area contributed by atoms with Crippen molar-refractivity contribution in [1.29, 1.82) is 0 Å². The van der Waals surface area contributed by atoms with Crippen molar-refractivity contribution in [3.63, 3.8) is 0 Å². The molecule has 0 aliphatic carbocycles. The topological polar surface area (TPSA) is 25.2 Å². The minimum atomic E-state index is 0.138. The van der Waals surface area contributed by atoms with Gasteiger partial charge in [0.15, 0.2) is 0 Å². The third-order valence-electron chi connectivity index (χ3n) is 4.18. The van der Waals surface area contributed by atoms with Gasteiger partial charge in [-0.1, -0.05) is 54.6 Å². The molecule has 1 aromatic heterocycles. The van der Waals surface area contributed by atoms with Crippen LogP contribution in [0.4, 0.5) is 0 Å². The predicted octanol–water partition coefficient (Wildman–Crippen LogP) is 4.45. The molecule has 2 nitrogen and oxygen atoms in total. The Morgan fingerprint density at radius 2 is 1.45 bits per heavy atom. The summed E-state index contributed by atoms with van der Waals surface area (Å²) < 4.78 is 2.19. The molecule has 1 N–H and O–H groups in total. The van der Waals surface area contributed by atoms with Gasteiger partial charge in [-0.15, -0.1) is 0 Å². The fourth-order valence-electron chi connectivity index (χ4n) is 3.14. The molecule has 0 saturated heterocycles. The number of para-hydroxylation sites is 1. The Hall–Kier alpha value is -2.58. The maximum atomic E-state index is 9.42. The molecule has 3 aromatic carbocycles. The highest BCUT2D eigenvalue weighted by Crippen LogP contribution is 2.30. The molecule has 4 rings (SSSR count). The van der Waals surface area contributed by atoms with Crippen molar-refractivity contribution < 1.29 is 5.11 Å². The fraction of sp³-hybridized carbons (Fsp3) is 0.100. The van der Waals surface area contributed by atoms with E-state index >= 15 is 0 Å². The smallest absolute Gasteiger partial charge is 0.0610 e. The van der Waals surface area contributed by atoms with E-state index in [2.05, 4.69) is 71.3 Å². The number of fused-ring (bicyclic) bond motifs is 2. The average molecular weight is 287 g/mol. The Bertz CT molecular complexity index is 952. The van der Waals surface area contributed by atoms with Crippen LogP contribution in [0.5, 0.6) is 0 Å². The number of hydrogen-bond donors (Lipinski definition) is 1. The molecular formula is C20H17NO. The van der Waals surface area contributed by atoms with Gasteiger partial charge in [0.25, 0.3) is 0 Å². The molecule has 0 atom stereocenters. The van der Waals surface area contributed by atoms with E-state index in [1.807, 2.05) is 6.07 Å². The quantitative estimate of drug-likeness (QED) is 0.591. The molecule has 0 radical (unpaired) electrons. The largest absolute Gasteiger partial charge is 0.395 e. The summed E-state index contributed by atoms with van der Waals surface area (Å²) in [5.74, 6) is 0. The van der Waals surface area contributed by atoms with Crippen LogP contribution in [0, 0.1) is 0 Å². The summed E-state index contributed by atoms with van der Waals surface area (Å²) >= 11 is 0. The molecule has 0 fully saturated rings. The first-order chi connectivity index (χ1) is 10.9. The van der Waals surface area contributed by atoms with E-state index in [4.69, 9.17) is 0 Å². The molecular weight excluding hydrogens is 270 g/mol. The van der Waals surface area contributed by atoms with E-state index in [1.165, 1.54) is 27.2 Å². The van der Waals surface area contributed by atoms with Gasteiger partial charge in [0.1, 0.15) is 0 Å². The summed E-state index contributed by atoms with van der Waals surface area (Å²) in [6.45, 7) is 0.745. The molecule has 0 saturated carbocycles. The monoisotopic (exact) mass is 287 g/mol. The van der Waals surface area contributed by atoms with Gasteiger partial charge in [0.05, 0.1) is 6.61 Å². The van der Waals surface area contributed by atoms with E-state index in [0.29, 0.717) is 6.54 Å². The van der Waals surface area contributed by atoms with Gasteiger partial charge in [-0.2, -0.15) is 0 Å². The third kappa shape index (κ3) is 2.09. The first-order valence-corrected chi connectivity index (χ1v) is 7.55. The van der Waals surface area contributed by atoms with Crippen LogP contribution in [0.15, 0.2) is 72.8 Å². The minimum Gasteiger partial charge on any atom is -0.395 e.